The normalized spacial score (nSPS) is 41.9. The third kappa shape index (κ3) is 5.58. The first-order chi connectivity index (χ1) is 15.1. The van der Waals surface area contributed by atoms with Gasteiger partial charge in [0.15, 0.2) is 18.4 Å². The number of fused-ring (bicyclic) bond motifs is 1. The molecule has 0 spiro atoms. The van der Waals surface area contributed by atoms with E-state index in [2.05, 4.69) is 5.32 Å². The Morgan fingerprint density at radius 1 is 1.16 bits per heavy atom. The molecule has 3 fully saturated rings. The molecule has 32 heavy (non-hydrogen) atoms. The van der Waals surface area contributed by atoms with Crippen LogP contribution >= 0.6 is 0 Å². The lowest BCUT2D eigenvalue weighted by atomic mass is 9.97. The number of ether oxygens (including phenoxy) is 6. The SMILES string of the molecule is CCCO[C@@H]1[C@H]2OC(C)(C)O[C@H]2O[C@@H]1[C@H](O)CO[C@@H]1O[C@H](CO)[C@@H](O)[C@H](O)[C@H]1NC(C)=O. The molecule has 0 unspecified atom stereocenters. The molecule has 0 aromatic carbocycles. The van der Waals surface area contributed by atoms with Crippen molar-refractivity contribution in [2.75, 3.05) is 19.8 Å². The van der Waals surface area contributed by atoms with Gasteiger partial charge in [0, 0.05) is 13.5 Å². The molecule has 3 heterocycles. The maximum atomic E-state index is 11.5. The molecule has 12 nitrogen and oxygen atoms in total. The van der Waals surface area contributed by atoms with E-state index in [0.717, 1.165) is 6.42 Å². The van der Waals surface area contributed by atoms with Crippen LogP contribution in [0.2, 0.25) is 0 Å². The van der Waals surface area contributed by atoms with Crippen LogP contribution in [0.25, 0.3) is 0 Å². The minimum atomic E-state index is -1.45. The van der Waals surface area contributed by atoms with Gasteiger partial charge in [-0.1, -0.05) is 6.92 Å². The summed E-state index contributed by atoms with van der Waals surface area (Å²) in [5, 5.41) is 43.1. The Morgan fingerprint density at radius 3 is 2.50 bits per heavy atom. The lowest BCUT2D eigenvalue weighted by Gasteiger charge is -2.42. The first kappa shape index (κ1) is 25.7. The van der Waals surface area contributed by atoms with Crippen LogP contribution in [-0.4, -0.2) is 113 Å². The fraction of sp³-hybridized carbons (Fsp3) is 0.950. The number of carbonyl (C=O) groups is 1. The summed E-state index contributed by atoms with van der Waals surface area (Å²) in [6.45, 7) is 6.29. The summed E-state index contributed by atoms with van der Waals surface area (Å²) in [7, 11) is 0. The highest BCUT2D eigenvalue weighted by Gasteiger charge is 2.57. The first-order valence-electron chi connectivity index (χ1n) is 10.9. The van der Waals surface area contributed by atoms with Crippen molar-refractivity contribution in [3.8, 4) is 0 Å². The van der Waals surface area contributed by atoms with Crippen molar-refractivity contribution in [2.45, 2.75) is 101 Å². The standard InChI is InChI=1S/C20H35NO11/c1-5-6-27-16-15(30-19-17(16)31-20(3,4)32-19)10(24)8-28-18-12(21-9(2)23)14(26)13(25)11(7-22)29-18/h10-19,22,24-26H,5-8H2,1-4H3,(H,21,23)/t10-,11-,12-,13-,14-,15-,16+,17-,18-,19-/m1/s1. The molecule has 1 amide bonds. The van der Waals surface area contributed by atoms with Gasteiger partial charge >= 0.3 is 0 Å². The maximum absolute atomic E-state index is 11.5. The van der Waals surface area contributed by atoms with Crippen molar-refractivity contribution in [2.24, 2.45) is 0 Å². The van der Waals surface area contributed by atoms with Crippen molar-refractivity contribution in [1.82, 2.24) is 5.32 Å². The second-order valence-corrected chi connectivity index (χ2v) is 8.74. The summed E-state index contributed by atoms with van der Waals surface area (Å²) in [5.74, 6) is -1.31. The van der Waals surface area contributed by atoms with E-state index >= 15 is 0 Å². The monoisotopic (exact) mass is 465 g/mol. The molecule has 0 aromatic heterocycles. The summed E-state index contributed by atoms with van der Waals surface area (Å²) < 4.78 is 34.5. The molecule has 0 bridgehead atoms. The minimum absolute atomic E-state index is 0.304. The Kier molecular flexibility index (Phi) is 8.47. The molecule has 3 aliphatic rings. The average Bonchev–Trinajstić information content (AvgIpc) is 3.20. The van der Waals surface area contributed by atoms with E-state index in [-0.39, 0.29) is 6.61 Å². The summed E-state index contributed by atoms with van der Waals surface area (Å²) in [6.07, 6.45) is -8.30. The van der Waals surface area contributed by atoms with E-state index in [4.69, 9.17) is 28.4 Å². The predicted octanol–water partition coefficient (Wildman–Crippen LogP) is -2.02. The van der Waals surface area contributed by atoms with E-state index in [1.807, 2.05) is 6.92 Å². The lowest BCUT2D eigenvalue weighted by molar-refractivity contribution is -0.280. The fourth-order valence-corrected chi connectivity index (χ4v) is 4.16. The second kappa shape index (κ2) is 10.6. The molecule has 10 atom stereocenters. The number of amides is 1. The van der Waals surface area contributed by atoms with E-state index < -0.39 is 79.7 Å². The number of hydrogen-bond donors (Lipinski definition) is 5. The smallest absolute Gasteiger partial charge is 0.217 e. The van der Waals surface area contributed by atoms with Gasteiger partial charge in [0.2, 0.25) is 5.91 Å². The Bertz CT molecular complexity index is 635. The van der Waals surface area contributed by atoms with Crippen LogP contribution in [0.15, 0.2) is 0 Å². The van der Waals surface area contributed by atoms with E-state index in [0.29, 0.717) is 6.61 Å². The van der Waals surface area contributed by atoms with Gasteiger partial charge in [0.1, 0.15) is 48.8 Å². The van der Waals surface area contributed by atoms with Gasteiger partial charge in [-0.25, -0.2) is 0 Å². The topological polar surface area (TPSA) is 165 Å². The molecular formula is C20H35NO11. The zero-order valence-corrected chi connectivity index (χ0v) is 18.7. The van der Waals surface area contributed by atoms with Crippen LogP contribution < -0.4 is 5.32 Å². The Hall–Kier alpha value is -0.930. The van der Waals surface area contributed by atoms with Crippen molar-refractivity contribution in [3.05, 3.63) is 0 Å². The molecular weight excluding hydrogens is 430 g/mol. The number of carbonyl (C=O) groups excluding carboxylic acids is 1. The van der Waals surface area contributed by atoms with Gasteiger partial charge in [-0.3, -0.25) is 4.79 Å². The summed E-state index contributed by atoms with van der Waals surface area (Å²) in [6, 6.07) is -1.11. The molecule has 12 heteroatoms. The van der Waals surface area contributed by atoms with Gasteiger partial charge in [-0.05, 0) is 20.3 Å². The number of aliphatic hydroxyl groups excluding tert-OH is 4. The Labute approximate surface area is 186 Å². The minimum Gasteiger partial charge on any atom is -0.394 e. The number of rotatable bonds is 9. The van der Waals surface area contributed by atoms with Crippen molar-refractivity contribution in [3.63, 3.8) is 0 Å². The predicted molar refractivity (Wildman–Crippen MR) is 106 cm³/mol. The highest BCUT2D eigenvalue weighted by molar-refractivity contribution is 5.73. The molecule has 3 aliphatic heterocycles. The van der Waals surface area contributed by atoms with Crippen LogP contribution in [0.4, 0.5) is 0 Å². The van der Waals surface area contributed by atoms with Crippen molar-refractivity contribution >= 4 is 5.91 Å². The molecule has 0 saturated carbocycles. The van der Waals surface area contributed by atoms with Crippen LogP contribution in [0, 0.1) is 0 Å². The molecule has 0 radical (unpaired) electrons. The third-order valence-electron chi connectivity index (χ3n) is 5.60. The average molecular weight is 465 g/mol. The first-order valence-corrected chi connectivity index (χ1v) is 10.9. The summed E-state index contributed by atoms with van der Waals surface area (Å²) >= 11 is 0. The van der Waals surface area contributed by atoms with E-state index in [1.165, 1.54) is 6.92 Å². The lowest BCUT2D eigenvalue weighted by Crippen LogP contribution is -2.64. The zero-order valence-electron chi connectivity index (χ0n) is 18.7. The third-order valence-corrected chi connectivity index (χ3v) is 5.60. The molecule has 0 aliphatic carbocycles. The second-order valence-electron chi connectivity index (χ2n) is 8.74. The van der Waals surface area contributed by atoms with E-state index in [1.54, 1.807) is 13.8 Å². The molecule has 3 rings (SSSR count). The van der Waals surface area contributed by atoms with Gasteiger partial charge in [0.25, 0.3) is 0 Å². The quantitative estimate of drug-likeness (QED) is 0.255. The van der Waals surface area contributed by atoms with Gasteiger partial charge in [-0.15, -0.1) is 0 Å². The summed E-state index contributed by atoms with van der Waals surface area (Å²) in [4.78, 5) is 11.5. The molecule has 186 valence electrons. The van der Waals surface area contributed by atoms with E-state index in [9.17, 15) is 25.2 Å². The highest BCUT2D eigenvalue weighted by atomic mass is 16.8. The van der Waals surface area contributed by atoms with Crippen LogP contribution in [0.5, 0.6) is 0 Å². The fourth-order valence-electron chi connectivity index (χ4n) is 4.16. The number of aliphatic hydroxyl groups is 4. The largest absolute Gasteiger partial charge is 0.394 e. The molecule has 3 saturated heterocycles. The van der Waals surface area contributed by atoms with Crippen LogP contribution in [0.3, 0.4) is 0 Å². The Morgan fingerprint density at radius 2 is 1.88 bits per heavy atom. The number of hydrogen-bond acceptors (Lipinski definition) is 11. The van der Waals surface area contributed by atoms with Crippen LogP contribution in [-0.2, 0) is 33.2 Å². The van der Waals surface area contributed by atoms with Gasteiger partial charge in [-0.2, -0.15) is 0 Å². The van der Waals surface area contributed by atoms with Crippen molar-refractivity contribution in [1.29, 1.82) is 0 Å². The van der Waals surface area contributed by atoms with Gasteiger partial charge in [0.05, 0.1) is 13.2 Å². The van der Waals surface area contributed by atoms with Gasteiger partial charge < -0.3 is 54.2 Å². The molecule has 5 N–H and O–H groups in total. The zero-order chi connectivity index (χ0) is 23.6. The number of nitrogens with one attached hydrogen (secondary N) is 1. The van der Waals surface area contributed by atoms with Crippen molar-refractivity contribution < 1.29 is 53.6 Å². The Balaban J connectivity index is 1.65. The highest BCUT2D eigenvalue weighted by Crippen LogP contribution is 2.39. The van der Waals surface area contributed by atoms with Crippen LogP contribution in [0.1, 0.15) is 34.1 Å². The molecule has 0 aromatic rings. The maximum Gasteiger partial charge on any atom is 0.217 e. The summed E-state index contributed by atoms with van der Waals surface area (Å²) in [5.41, 5.74) is 0.